The Hall–Kier alpha value is -0.700. The first-order valence-corrected chi connectivity index (χ1v) is 4.83. The molecule has 2 amide bonds. The predicted molar refractivity (Wildman–Crippen MR) is 50.7 cm³/mol. The molecule has 0 fully saturated rings. The van der Waals surface area contributed by atoms with Gasteiger partial charge in [-0.15, -0.1) is 0 Å². The second-order valence-corrected chi connectivity index (χ2v) is 3.57. The van der Waals surface area contributed by atoms with Gasteiger partial charge in [0.25, 0.3) is 11.8 Å². The smallest absolute Gasteiger partial charge is 0.547 e. The predicted octanol–water partition coefficient (Wildman–Crippen LogP) is -8.84. The third kappa shape index (κ3) is 3.13. The van der Waals surface area contributed by atoms with Gasteiger partial charge in [0.1, 0.15) is 6.04 Å². The maximum atomic E-state index is 11.8. The van der Waals surface area contributed by atoms with Gasteiger partial charge in [-0.3, -0.25) is 14.5 Å². The van der Waals surface area contributed by atoms with Crippen LogP contribution in [0.15, 0.2) is 24.3 Å². The zero-order valence-corrected chi connectivity index (χ0v) is 14.8. The molecule has 0 N–H and O–H groups in total. The van der Waals surface area contributed by atoms with Crippen LogP contribution in [0.1, 0.15) is 20.7 Å². The number of hydrogen-bond acceptors (Lipinski definition) is 6. The number of fused-ring (bicyclic) bond motifs is 1. The van der Waals surface area contributed by atoms with Crippen LogP contribution in [-0.4, -0.2) is 34.7 Å². The summed E-state index contributed by atoms with van der Waals surface area (Å²) in [4.78, 5) is 45.1. The number of carbonyl (C=O) groups is 4. The van der Waals surface area contributed by atoms with Gasteiger partial charge in [0.15, 0.2) is 0 Å². The Morgan fingerprint density at radius 2 is 1.25 bits per heavy atom. The first-order valence-electron chi connectivity index (χ1n) is 4.83. The standard InChI is InChI=1S/C11H7NO6.2Na/c13-8-5-3-1-2-4-6(5)9(14)12(8)7(10(15)16)11(17)18;;/h1-4,7H,(H,15,16)(H,17,18);;/q;2*+1/p-2. The molecule has 92 valence electrons. The molecule has 0 saturated heterocycles. The van der Waals surface area contributed by atoms with Gasteiger partial charge in [0.2, 0.25) is 0 Å². The van der Waals surface area contributed by atoms with Crippen molar-refractivity contribution in [3.05, 3.63) is 35.4 Å². The van der Waals surface area contributed by atoms with E-state index in [-0.39, 0.29) is 75.1 Å². The van der Waals surface area contributed by atoms with Gasteiger partial charge in [0.05, 0.1) is 23.1 Å². The summed E-state index contributed by atoms with van der Waals surface area (Å²) >= 11 is 0. The molecule has 1 aliphatic heterocycles. The van der Waals surface area contributed by atoms with Crippen molar-refractivity contribution < 1.29 is 88.5 Å². The monoisotopic (exact) mass is 293 g/mol. The maximum absolute atomic E-state index is 11.8. The van der Waals surface area contributed by atoms with Crippen LogP contribution in [0.25, 0.3) is 0 Å². The van der Waals surface area contributed by atoms with Crippen molar-refractivity contribution in [2.75, 3.05) is 0 Å². The van der Waals surface area contributed by atoms with E-state index in [1.807, 2.05) is 0 Å². The Labute approximate surface area is 157 Å². The van der Waals surface area contributed by atoms with Gasteiger partial charge in [-0.1, -0.05) is 12.1 Å². The van der Waals surface area contributed by atoms with Crippen molar-refractivity contribution in [2.45, 2.75) is 6.04 Å². The summed E-state index contributed by atoms with van der Waals surface area (Å²) in [5.41, 5.74) is -0.0926. The summed E-state index contributed by atoms with van der Waals surface area (Å²) in [5, 5.41) is 21.4. The van der Waals surface area contributed by atoms with Crippen LogP contribution in [0, 0.1) is 0 Å². The molecule has 0 unspecified atom stereocenters. The van der Waals surface area contributed by atoms with E-state index in [4.69, 9.17) is 0 Å². The summed E-state index contributed by atoms with van der Waals surface area (Å²) in [6.45, 7) is 0. The van der Waals surface area contributed by atoms with Crippen molar-refractivity contribution in [1.29, 1.82) is 0 Å². The summed E-state index contributed by atoms with van der Waals surface area (Å²) in [6, 6.07) is 3.12. The van der Waals surface area contributed by atoms with Crippen LogP contribution in [0.3, 0.4) is 0 Å². The number of amides is 2. The molecule has 9 heteroatoms. The van der Waals surface area contributed by atoms with E-state index >= 15 is 0 Å². The van der Waals surface area contributed by atoms with Gasteiger partial charge < -0.3 is 19.8 Å². The summed E-state index contributed by atoms with van der Waals surface area (Å²) in [5.74, 6) is -6.14. The van der Waals surface area contributed by atoms with Crippen LogP contribution in [0.4, 0.5) is 0 Å². The number of imide groups is 1. The molecule has 0 atom stereocenters. The molecule has 0 saturated carbocycles. The van der Waals surface area contributed by atoms with Gasteiger partial charge >= 0.3 is 59.1 Å². The number of hydrogen-bond donors (Lipinski definition) is 0. The molecule has 1 aromatic rings. The zero-order valence-electron chi connectivity index (χ0n) is 10.8. The fraction of sp³-hybridized carbons (Fsp3) is 0.0909. The van der Waals surface area contributed by atoms with Crippen LogP contribution in [-0.2, 0) is 9.59 Å². The number of carboxylic acids is 2. The summed E-state index contributed by atoms with van der Waals surface area (Å²) in [6.07, 6.45) is 0. The molecule has 0 aromatic heterocycles. The number of carbonyl (C=O) groups excluding carboxylic acids is 4. The van der Waals surface area contributed by atoms with Gasteiger partial charge in [-0.25, -0.2) is 0 Å². The van der Waals surface area contributed by atoms with E-state index in [0.717, 1.165) is 0 Å². The van der Waals surface area contributed by atoms with Crippen LogP contribution in [0.2, 0.25) is 0 Å². The first kappa shape index (κ1) is 19.3. The summed E-state index contributed by atoms with van der Waals surface area (Å²) < 4.78 is 0. The first-order chi connectivity index (χ1) is 8.45. The second kappa shape index (κ2) is 7.35. The molecule has 1 heterocycles. The van der Waals surface area contributed by atoms with Crippen molar-refractivity contribution >= 4 is 23.8 Å². The molecule has 0 spiro atoms. The molecule has 1 aliphatic rings. The third-order valence-electron chi connectivity index (χ3n) is 2.53. The van der Waals surface area contributed by atoms with E-state index < -0.39 is 29.8 Å². The summed E-state index contributed by atoms with van der Waals surface area (Å²) in [7, 11) is 0. The van der Waals surface area contributed by atoms with E-state index in [1.54, 1.807) is 0 Å². The maximum Gasteiger partial charge on any atom is 1.00 e. The molecule has 2 rings (SSSR count). The molecule has 0 radical (unpaired) electrons. The van der Waals surface area contributed by atoms with Crippen LogP contribution in [0.5, 0.6) is 0 Å². The minimum Gasteiger partial charge on any atom is -0.547 e. The Balaban J connectivity index is 0.00000180. The number of nitrogens with zero attached hydrogens (tertiary/aromatic N) is 1. The molecule has 0 bridgehead atoms. The normalized spacial score (nSPS) is 12.6. The van der Waals surface area contributed by atoms with Crippen molar-refractivity contribution in [2.24, 2.45) is 0 Å². The number of rotatable bonds is 3. The zero-order chi connectivity index (χ0) is 13.4. The number of carboxylic acid groups (broad SMARTS) is 2. The van der Waals surface area contributed by atoms with Crippen molar-refractivity contribution in [3.8, 4) is 0 Å². The Morgan fingerprint density at radius 1 is 0.900 bits per heavy atom. The number of benzene rings is 1. The molecule has 1 aromatic carbocycles. The molecule has 0 aliphatic carbocycles. The SMILES string of the molecule is O=C([O-])C(C(=O)[O-])N1C(=O)c2ccccc2C1=O.[Na+].[Na+]. The van der Waals surface area contributed by atoms with Gasteiger partial charge in [-0.05, 0) is 12.1 Å². The van der Waals surface area contributed by atoms with E-state index in [1.165, 1.54) is 24.3 Å². The molecular formula is C11H5NNa2O6. The average Bonchev–Trinajstić information content (AvgIpc) is 2.55. The van der Waals surface area contributed by atoms with Crippen LogP contribution >= 0.6 is 0 Å². The Morgan fingerprint density at radius 3 is 1.55 bits per heavy atom. The Kier molecular flexibility index (Phi) is 7.09. The Bertz CT molecular complexity index is 539. The van der Waals surface area contributed by atoms with Crippen molar-refractivity contribution in [3.63, 3.8) is 0 Å². The van der Waals surface area contributed by atoms with E-state index in [0.29, 0.717) is 0 Å². The molecule has 20 heavy (non-hydrogen) atoms. The fourth-order valence-corrected chi connectivity index (χ4v) is 1.75. The van der Waals surface area contributed by atoms with Crippen LogP contribution < -0.4 is 69.3 Å². The fourth-order valence-electron chi connectivity index (χ4n) is 1.75. The van der Waals surface area contributed by atoms with E-state index in [2.05, 4.69) is 0 Å². The van der Waals surface area contributed by atoms with Gasteiger partial charge in [-0.2, -0.15) is 0 Å². The quantitative estimate of drug-likeness (QED) is 0.310. The largest absolute Gasteiger partial charge is 1.00 e. The number of aliphatic carboxylic acids is 2. The van der Waals surface area contributed by atoms with E-state index in [9.17, 15) is 29.4 Å². The topological polar surface area (TPSA) is 118 Å². The molecule has 7 nitrogen and oxygen atoms in total. The minimum atomic E-state index is -2.43. The minimum absolute atomic E-state index is 0. The average molecular weight is 293 g/mol. The third-order valence-corrected chi connectivity index (χ3v) is 2.53. The van der Waals surface area contributed by atoms with Crippen molar-refractivity contribution in [1.82, 2.24) is 4.90 Å². The second-order valence-electron chi connectivity index (χ2n) is 3.57. The molecular weight excluding hydrogens is 288 g/mol. The van der Waals surface area contributed by atoms with Gasteiger partial charge in [0, 0.05) is 0 Å².